The molecule has 0 atom stereocenters. The fourth-order valence-corrected chi connectivity index (χ4v) is 2.32. The van der Waals surface area contributed by atoms with Gasteiger partial charge in [0.05, 0.1) is 20.3 Å². The molecule has 3 heteroatoms. The molecule has 0 bridgehead atoms. The molecule has 88 valence electrons. The van der Waals surface area contributed by atoms with Crippen molar-refractivity contribution in [1.82, 2.24) is 0 Å². The lowest BCUT2D eigenvalue weighted by molar-refractivity contribution is 0.0860. The zero-order chi connectivity index (χ0) is 11.4. The maximum Gasteiger partial charge on any atom is 0.118 e. The van der Waals surface area contributed by atoms with Crippen LogP contribution in [0.25, 0.3) is 0 Å². The zero-order valence-corrected chi connectivity index (χ0v) is 11.1. The molecule has 1 aromatic carbocycles. The van der Waals surface area contributed by atoms with Crippen molar-refractivity contribution >= 4 is 15.9 Å². The summed E-state index contributed by atoms with van der Waals surface area (Å²) >= 11 is 3.54. The maximum atomic E-state index is 5.74. The third kappa shape index (κ3) is 2.98. The molecule has 0 spiro atoms. The molecule has 1 aliphatic rings. The fraction of sp³-hybridized carbons (Fsp3) is 0.538. The molecule has 16 heavy (non-hydrogen) atoms. The smallest absolute Gasteiger partial charge is 0.118 e. The van der Waals surface area contributed by atoms with Gasteiger partial charge in [0.2, 0.25) is 0 Å². The van der Waals surface area contributed by atoms with Crippen molar-refractivity contribution in [3.8, 4) is 5.75 Å². The Labute approximate surface area is 105 Å². The molecule has 0 aliphatic heterocycles. The summed E-state index contributed by atoms with van der Waals surface area (Å²) in [6.45, 7) is 1.56. The van der Waals surface area contributed by atoms with E-state index in [2.05, 4.69) is 15.9 Å². The maximum absolute atomic E-state index is 5.74. The number of benzene rings is 1. The van der Waals surface area contributed by atoms with Gasteiger partial charge in [-0.2, -0.15) is 0 Å². The Morgan fingerprint density at radius 3 is 2.44 bits per heavy atom. The Morgan fingerprint density at radius 2 is 1.94 bits per heavy atom. The van der Waals surface area contributed by atoms with E-state index in [9.17, 15) is 0 Å². The summed E-state index contributed by atoms with van der Waals surface area (Å²) in [5.41, 5.74) is 1.64. The molecular weight excluding hydrogens is 268 g/mol. The minimum Gasteiger partial charge on any atom is -0.497 e. The lowest BCUT2D eigenvalue weighted by Crippen LogP contribution is -2.11. The Balaban J connectivity index is 1.76. The molecule has 0 aromatic heterocycles. The molecule has 0 radical (unpaired) electrons. The highest BCUT2D eigenvalue weighted by atomic mass is 79.9. The van der Waals surface area contributed by atoms with Gasteiger partial charge in [-0.05, 0) is 30.5 Å². The van der Waals surface area contributed by atoms with Crippen LogP contribution in [0, 0.1) is 5.41 Å². The van der Waals surface area contributed by atoms with Crippen LogP contribution in [0.3, 0.4) is 0 Å². The van der Waals surface area contributed by atoms with E-state index in [1.54, 1.807) is 7.11 Å². The van der Waals surface area contributed by atoms with Crippen molar-refractivity contribution in [2.75, 3.05) is 19.0 Å². The van der Waals surface area contributed by atoms with E-state index in [1.165, 1.54) is 18.4 Å². The summed E-state index contributed by atoms with van der Waals surface area (Å²) in [6, 6.07) is 8.03. The minimum absolute atomic E-state index is 0.437. The van der Waals surface area contributed by atoms with Gasteiger partial charge in [0.15, 0.2) is 0 Å². The van der Waals surface area contributed by atoms with Crippen molar-refractivity contribution in [3.05, 3.63) is 29.8 Å². The van der Waals surface area contributed by atoms with Gasteiger partial charge in [0.25, 0.3) is 0 Å². The van der Waals surface area contributed by atoms with E-state index in [4.69, 9.17) is 9.47 Å². The van der Waals surface area contributed by atoms with Crippen LogP contribution < -0.4 is 4.74 Å². The average Bonchev–Trinajstić information content (AvgIpc) is 3.11. The minimum atomic E-state index is 0.437. The SMILES string of the molecule is COc1ccc(COCC2(CBr)CC2)cc1. The third-order valence-corrected chi connectivity index (χ3v) is 4.27. The predicted octanol–water partition coefficient (Wildman–Crippen LogP) is 3.39. The number of hydrogen-bond acceptors (Lipinski definition) is 2. The largest absolute Gasteiger partial charge is 0.497 e. The predicted molar refractivity (Wildman–Crippen MR) is 68.1 cm³/mol. The van der Waals surface area contributed by atoms with Crippen LogP contribution in [0.1, 0.15) is 18.4 Å². The lowest BCUT2D eigenvalue weighted by atomic mass is 10.2. The third-order valence-electron chi connectivity index (χ3n) is 3.08. The summed E-state index contributed by atoms with van der Waals surface area (Å²) in [5.74, 6) is 0.892. The average molecular weight is 285 g/mol. The van der Waals surface area contributed by atoms with Gasteiger partial charge in [0.1, 0.15) is 5.75 Å². The molecule has 0 saturated heterocycles. The summed E-state index contributed by atoms with van der Waals surface area (Å²) < 4.78 is 10.8. The molecule has 0 amide bonds. The Bertz CT molecular complexity index is 330. The van der Waals surface area contributed by atoms with Gasteiger partial charge in [-0.15, -0.1) is 0 Å². The van der Waals surface area contributed by atoms with Gasteiger partial charge in [-0.1, -0.05) is 28.1 Å². The quantitative estimate of drug-likeness (QED) is 0.746. The van der Waals surface area contributed by atoms with Crippen LogP contribution in [0.5, 0.6) is 5.75 Å². The molecule has 0 unspecified atom stereocenters. The fourth-order valence-electron chi connectivity index (χ4n) is 1.60. The van der Waals surface area contributed by atoms with Gasteiger partial charge in [0, 0.05) is 10.7 Å². The molecule has 1 saturated carbocycles. The first-order chi connectivity index (χ1) is 7.78. The number of hydrogen-bond donors (Lipinski definition) is 0. The van der Waals surface area contributed by atoms with Crippen LogP contribution >= 0.6 is 15.9 Å². The lowest BCUT2D eigenvalue weighted by Gasteiger charge is -2.12. The van der Waals surface area contributed by atoms with E-state index in [0.717, 1.165) is 17.7 Å². The van der Waals surface area contributed by atoms with E-state index >= 15 is 0 Å². The second-order valence-corrected chi connectivity index (χ2v) is 5.04. The molecule has 1 fully saturated rings. The monoisotopic (exact) mass is 284 g/mol. The molecule has 1 aliphatic carbocycles. The normalized spacial score (nSPS) is 17.1. The number of methoxy groups -OCH3 is 1. The molecule has 0 N–H and O–H groups in total. The van der Waals surface area contributed by atoms with Crippen molar-refractivity contribution in [1.29, 1.82) is 0 Å². The van der Waals surface area contributed by atoms with Crippen LogP contribution in [-0.2, 0) is 11.3 Å². The van der Waals surface area contributed by atoms with E-state index in [-0.39, 0.29) is 0 Å². The van der Waals surface area contributed by atoms with Gasteiger partial charge < -0.3 is 9.47 Å². The molecular formula is C13H17BrO2. The van der Waals surface area contributed by atoms with Crippen molar-refractivity contribution in [2.24, 2.45) is 5.41 Å². The summed E-state index contributed by atoms with van der Waals surface area (Å²) in [5, 5.41) is 1.06. The van der Waals surface area contributed by atoms with Crippen molar-refractivity contribution in [3.63, 3.8) is 0 Å². The number of rotatable bonds is 6. The van der Waals surface area contributed by atoms with E-state index in [0.29, 0.717) is 12.0 Å². The topological polar surface area (TPSA) is 18.5 Å². The van der Waals surface area contributed by atoms with Crippen molar-refractivity contribution < 1.29 is 9.47 Å². The summed E-state index contributed by atoms with van der Waals surface area (Å²) in [7, 11) is 1.68. The highest BCUT2D eigenvalue weighted by Gasteiger charge is 2.41. The zero-order valence-electron chi connectivity index (χ0n) is 9.54. The first kappa shape index (κ1) is 11.9. The Kier molecular flexibility index (Phi) is 3.87. The summed E-state index contributed by atoms with van der Waals surface area (Å²) in [6.07, 6.45) is 2.59. The highest BCUT2D eigenvalue weighted by Crippen LogP contribution is 2.47. The van der Waals surface area contributed by atoms with Crippen LogP contribution in [0.4, 0.5) is 0 Å². The highest BCUT2D eigenvalue weighted by molar-refractivity contribution is 9.09. The van der Waals surface area contributed by atoms with E-state index < -0.39 is 0 Å². The van der Waals surface area contributed by atoms with Crippen LogP contribution in [-0.4, -0.2) is 19.0 Å². The Morgan fingerprint density at radius 1 is 1.25 bits per heavy atom. The van der Waals surface area contributed by atoms with Gasteiger partial charge >= 0.3 is 0 Å². The first-order valence-corrected chi connectivity index (χ1v) is 6.67. The van der Waals surface area contributed by atoms with Crippen LogP contribution in [0.2, 0.25) is 0 Å². The second-order valence-electron chi connectivity index (χ2n) is 4.47. The molecule has 2 rings (SSSR count). The molecule has 0 heterocycles. The van der Waals surface area contributed by atoms with Crippen molar-refractivity contribution in [2.45, 2.75) is 19.4 Å². The number of ether oxygens (including phenoxy) is 2. The molecule has 2 nitrogen and oxygen atoms in total. The second kappa shape index (κ2) is 5.19. The first-order valence-electron chi connectivity index (χ1n) is 5.55. The number of halogens is 1. The van der Waals surface area contributed by atoms with Crippen LogP contribution in [0.15, 0.2) is 24.3 Å². The number of alkyl halides is 1. The molecule has 1 aromatic rings. The van der Waals surface area contributed by atoms with Gasteiger partial charge in [-0.25, -0.2) is 0 Å². The van der Waals surface area contributed by atoms with Gasteiger partial charge in [-0.3, -0.25) is 0 Å². The summed E-state index contributed by atoms with van der Waals surface area (Å²) in [4.78, 5) is 0. The standard InChI is InChI=1S/C13H17BrO2/c1-15-12-4-2-11(3-5-12)8-16-10-13(9-14)6-7-13/h2-5H,6-10H2,1H3. The van der Waals surface area contributed by atoms with E-state index in [1.807, 2.05) is 24.3 Å². The Hall–Kier alpha value is -0.540.